The molecule has 0 saturated heterocycles. The molecule has 2 aliphatic carbocycles. The monoisotopic (exact) mass is 292 g/mol. The van der Waals surface area contributed by atoms with Crippen LogP contribution in [0.2, 0.25) is 0 Å². The zero-order valence-corrected chi connectivity index (χ0v) is 11.8. The summed E-state index contributed by atoms with van der Waals surface area (Å²) < 4.78 is 42.3. The van der Waals surface area contributed by atoms with E-state index in [-0.39, 0.29) is 11.8 Å². The largest absolute Gasteiger partial charge is 0.490 e. The fourth-order valence-electron chi connectivity index (χ4n) is 3.69. The number of alkyl halides is 3. The van der Waals surface area contributed by atoms with Crippen LogP contribution in [0.1, 0.15) is 64.2 Å². The van der Waals surface area contributed by atoms with Crippen LogP contribution in [0.25, 0.3) is 0 Å². The van der Waals surface area contributed by atoms with Gasteiger partial charge in [-0.1, -0.05) is 38.5 Å². The molecule has 5 heteroatoms. The van der Waals surface area contributed by atoms with Gasteiger partial charge in [0.05, 0.1) is 0 Å². The van der Waals surface area contributed by atoms with E-state index in [1.807, 2.05) is 0 Å². The maximum absolute atomic E-state index is 12.5. The molecule has 0 aromatic rings. The quantitative estimate of drug-likeness (QED) is 0.709. The highest BCUT2D eigenvalue weighted by Crippen LogP contribution is 2.38. The molecule has 0 radical (unpaired) electrons. The second kappa shape index (κ2) is 6.81. The Balaban J connectivity index is 2.04. The number of hydrogen-bond acceptors (Lipinski definition) is 2. The second-order valence-electron chi connectivity index (χ2n) is 6.16. The summed E-state index contributed by atoms with van der Waals surface area (Å²) in [4.78, 5) is 11.2. The molecule has 0 heterocycles. The Kier molecular flexibility index (Phi) is 5.33. The van der Waals surface area contributed by atoms with Crippen molar-refractivity contribution in [2.24, 2.45) is 11.8 Å². The van der Waals surface area contributed by atoms with E-state index in [1.54, 1.807) is 0 Å². The second-order valence-corrected chi connectivity index (χ2v) is 6.16. The van der Waals surface area contributed by atoms with Crippen LogP contribution >= 0.6 is 0 Å². The number of rotatable bonds is 3. The number of halogens is 3. The molecule has 2 nitrogen and oxygen atoms in total. The fraction of sp³-hybridized carbons (Fsp3) is 0.933. The maximum Gasteiger partial charge on any atom is 0.490 e. The Morgan fingerprint density at radius 2 is 1.25 bits per heavy atom. The first kappa shape index (κ1) is 15.6. The zero-order chi connectivity index (χ0) is 14.6. The first-order valence-corrected chi connectivity index (χ1v) is 7.76. The standard InChI is InChI=1S/C15H23F3O2/c16-15(17,18)14(19)20-13(11-7-3-1-4-8-11)12-9-5-2-6-10-12/h11-13H,1-10H2. The predicted octanol–water partition coefficient (Wildman–Crippen LogP) is 4.62. The van der Waals surface area contributed by atoms with Gasteiger partial charge in [0.2, 0.25) is 0 Å². The molecule has 0 N–H and O–H groups in total. The SMILES string of the molecule is O=C(OC(C1CCCCC1)C1CCCCC1)C(F)(F)F. The Morgan fingerprint density at radius 1 is 0.850 bits per heavy atom. The van der Waals surface area contributed by atoms with Gasteiger partial charge in [-0.25, -0.2) is 4.79 Å². The van der Waals surface area contributed by atoms with E-state index in [9.17, 15) is 18.0 Å². The third kappa shape index (κ3) is 4.13. The van der Waals surface area contributed by atoms with E-state index >= 15 is 0 Å². The highest BCUT2D eigenvalue weighted by molar-refractivity contribution is 5.75. The van der Waals surface area contributed by atoms with Crippen molar-refractivity contribution in [2.45, 2.75) is 76.5 Å². The molecule has 0 aliphatic heterocycles. The highest BCUT2D eigenvalue weighted by Gasteiger charge is 2.45. The van der Waals surface area contributed by atoms with Crippen molar-refractivity contribution in [1.82, 2.24) is 0 Å². The summed E-state index contributed by atoms with van der Waals surface area (Å²) in [6.07, 6.45) is 4.62. The number of carbonyl (C=O) groups excluding carboxylic acids is 1. The maximum atomic E-state index is 12.5. The molecule has 0 aromatic carbocycles. The molecular weight excluding hydrogens is 269 g/mol. The van der Waals surface area contributed by atoms with Gasteiger partial charge in [-0.05, 0) is 37.5 Å². The smallest absolute Gasteiger partial charge is 0.455 e. The van der Waals surface area contributed by atoms with Crippen molar-refractivity contribution in [3.8, 4) is 0 Å². The first-order chi connectivity index (χ1) is 9.48. The van der Waals surface area contributed by atoms with Crippen molar-refractivity contribution < 1.29 is 22.7 Å². The van der Waals surface area contributed by atoms with Gasteiger partial charge < -0.3 is 4.74 Å². The van der Waals surface area contributed by atoms with Gasteiger partial charge in [0.1, 0.15) is 6.10 Å². The third-order valence-corrected chi connectivity index (χ3v) is 4.70. The lowest BCUT2D eigenvalue weighted by molar-refractivity contribution is -0.211. The number of carbonyl (C=O) groups is 1. The van der Waals surface area contributed by atoms with Gasteiger partial charge in [-0.15, -0.1) is 0 Å². The molecular formula is C15H23F3O2. The van der Waals surface area contributed by atoms with Gasteiger partial charge in [0.25, 0.3) is 0 Å². The van der Waals surface area contributed by atoms with Gasteiger partial charge in [0, 0.05) is 0 Å². The molecule has 2 rings (SSSR count). The molecule has 0 aromatic heterocycles. The van der Waals surface area contributed by atoms with E-state index in [2.05, 4.69) is 0 Å². The molecule has 2 fully saturated rings. The molecule has 0 amide bonds. The summed E-state index contributed by atoms with van der Waals surface area (Å²) in [5, 5.41) is 0. The highest BCUT2D eigenvalue weighted by atomic mass is 19.4. The van der Waals surface area contributed by atoms with Crippen LogP contribution in [0.15, 0.2) is 0 Å². The molecule has 116 valence electrons. The van der Waals surface area contributed by atoms with E-state index < -0.39 is 18.2 Å². The van der Waals surface area contributed by atoms with E-state index in [1.165, 1.54) is 0 Å². The summed E-state index contributed by atoms with van der Waals surface area (Å²) in [6, 6.07) is 0. The number of ether oxygens (including phenoxy) is 1. The molecule has 0 spiro atoms. The van der Waals surface area contributed by atoms with Crippen molar-refractivity contribution in [2.75, 3.05) is 0 Å². The average Bonchev–Trinajstić information content (AvgIpc) is 2.45. The lowest BCUT2D eigenvalue weighted by atomic mass is 9.75. The number of esters is 1. The number of hydrogen-bond donors (Lipinski definition) is 0. The summed E-state index contributed by atoms with van der Waals surface area (Å²) in [5.74, 6) is -1.75. The lowest BCUT2D eigenvalue weighted by Gasteiger charge is -2.37. The molecule has 0 bridgehead atoms. The lowest BCUT2D eigenvalue weighted by Crippen LogP contribution is -2.40. The van der Waals surface area contributed by atoms with Crippen molar-refractivity contribution >= 4 is 5.97 Å². The van der Waals surface area contributed by atoms with Crippen molar-refractivity contribution in [1.29, 1.82) is 0 Å². The van der Waals surface area contributed by atoms with Crippen LogP contribution in [0.3, 0.4) is 0 Å². The van der Waals surface area contributed by atoms with E-state index in [0.29, 0.717) is 0 Å². The Morgan fingerprint density at radius 3 is 1.60 bits per heavy atom. The van der Waals surface area contributed by atoms with Crippen LogP contribution in [-0.4, -0.2) is 18.2 Å². The first-order valence-electron chi connectivity index (χ1n) is 7.76. The van der Waals surface area contributed by atoms with Crippen LogP contribution in [-0.2, 0) is 9.53 Å². The predicted molar refractivity (Wildman–Crippen MR) is 69.1 cm³/mol. The molecule has 2 aliphatic rings. The normalized spacial score (nSPS) is 23.0. The molecule has 20 heavy (non-hydrogen) atoms. The van der Waals surface area contributed by atoms with Crippen molar-refractivity contribution in [3.63, 3.8) is 0 Å². The Labute approximate surface area is 118 Å². The molecule has 2 saturated carbocycles. The third-order valence-electron chi connectivity index (χ3n) is 4.70. The Bertz CT molecular complexity index is 298. The zero-order valence-electron chi connectivity index (χ0n) is 11.8. The van der Waals surface area contributed by atoms with Crippen LogP contribution in [0.4, 0.5) is 13.2 Å². The van der Waals surface area contributed by atoms with E-state index in [4.69, 9.17) is 4.74 Å². The average molecular weight is 292 g/mol. The minimum Gasteiger partial charge on any atom is -0.455 e. The topological polar surface area (TPSA) is 26.3 Å². The van der Waals surface area contributed by atoms with Gasteiger partial charge in [-0.2, -0.15) is 13.2 Å². The summed E-state index contributed by atoms with van der Waals surface area (Å²) in [7, 11) is 0. The van der Waals surface area contributed by atoms with Crippen LogP contribution in [0, 0.1) is 11.8 Å². The van der Waals surface area contributed by atoms with Gasteiger partial charge in [-0.3, -0.25) is 0 Å². The summed E-state index contributed by atoms with van der Waals surface area (Å²) in [5.41, 5.74) is 0. The molecule has 0 unspecified atom stereocenters. The fourth-order valence-corrected chi connectivity index (χ4v) is 3.69. The van der Waals surface area contributed by atoms with Crippen molar-refractivity contribution in [3.05, 3.63) is 0 Å². The summed E-state index contributed by atoms with van der Waals surface area (Å²) >= 11 is 0. The minimum absolute atomic E-state index is 0.123. The minimum atomic E-state index is -4.87. The van der Waals surface area contributed by atoms with Gasteiger partial charge in [0.15, 0.2) is 0 Å². The molecule has 0 atom stereocenters. The van der Waals surface area contributed by atoms with Crippen LogP contribution < -0.4 is 0 Å². The summed E-state index contributed by atoms with van der Waals surface area (Å²) in [6.45, 7) is 0. The van der Waals surface area contributed by atoms with E-state index in [0.717, 1.165) is 64.2 Å². The Hall–Kier alpha value is -0.740. The van der Waals surface area contributed by atoms with Crippen LogP contribution in [0.5, 0.6) is 0 Å². The van der Waals surface area contributed by atoms with Gasteiger partial charge >= 0.3 is 12.1 Å².